The Balaban J connectivity index is 2.51. The second kappa shape index (κ2) is 5.75. The predicted molar refractivity (Wildman–Crippen MR) is 73.9 cm³/mol. The maximum Gasteiger partial charge on any atom is 0.295 e. The van der Waals surface area contributed by atoms with E-state index < -0.39 is 0 Å². The van der Waals surface area contributed by atoms with Gasteiger partial charge in [-0.1, -0.05) is 0 Å². The monoisotopic (exact) mass is 276 g/mol. The lowest BCUT2D eigenvalue weighted by atomic mass is 10.1. The Bertz CT molecular complexity index is 642. The van der Waals surface area contributed by atoms with Crippen molar-refractivity contribution < 1.29 is 19.1 Å². The number of rotatable bonds is 4. The molecule has 20 heavy (non-hydrogen) atoms. The summed E-state index contributed by atoms with van der Waals surface area (Å²) in [5, 5.41) is 2.82. The van der Waals surface area contributed by atoms with Gasteiger partial charge >= 0.3 is 0 Å². The zero-order valence-corrected chi connectivity index (χ0v) is 11.8. The number of pyridine rings is 1. The van der Waals surface area contributed by atoms with Gasteiger partial charge in [-0.2, -0.15) is 0 Å². The van der Waals surface area contributed by atoms with Crippen LogP contribution in [0.1, 0.15) is 10.5 Å². The number of aromatic nitrogens is 1. The fourth-order valence-electron chi connectivity index (χ4n) is 1.83. The maximum atomic E-state index is 12.0. The van der Waals surface area contributed by atoms with Crippen LogP contribution in [0.15, 0.2) is 24.4 Å². The Labute approximate surface area is 116 Å². The van der Waals surface area contributed by atoms with Crippen LogP contribution in [0.4, 0.5) is 0 Å². The first-order valence-corrected chi connectivity index (χ1v) is 5.94. The Morgan fingerprint density at radius 3 is 2.20 bits per heavy atom. The number of methoxy groups -OCH3 is 2. The first kappa shape index (κ1) is 14.1. The summed E-state index contributed by atoms with van der Waals surface area (Å²) in [4.78, 5) is 21.0. The highest BCUT2D eigenvalue weighted by Crippen LogP contribution is 2.32. The summed E-state index contributed by atoms with van der Waals surface area (Å²) in [6.07, 6.45) is 1.62. The molecule has 2 rings (SSSR count). The molecule has 106 valence electrons. The van der Waals surface area contributed by atoms with Gasteiger partial charge in [-0.3, -0.25) is 14.6 Å². The van der Waals surface area contributed by atoms with Gasteiger partial charge in [-0.05, 0) is 23.6 Å². The zero-order valence-electron chi connectivity index (χ0n) is 11.8. The van der Waals surface area contributed by atoms with Crippen LogP contribution in [-0.4, -0.2) is 44.3 Å². The van der Waals surface area contributed by atoms with Crippen LogP contribution >= 0.6 is 0 Å². The van der Waals surface area contributed by atoms with E-state index in [9.17, 15) is 4.79 Å². The third-order valence-electron chi connectivity index (χ3n) is 3.00. The third kappa shape index (κ3) is 2.50. The van der Waals surface area contributed by atoms with Gasteiger partial charge in [-0.25, -0.2) is 5.06 Å². The first-order valence-electron chi connectivity index (χ1n) is 5.94. The Morgan fingerprint density at radius 1 is 1.05 bits per heavy atom. The fourth-order valence-corrected chi connectivity index (χ4v) is 1.83. The van der Waals surface area contributed by atoms with Crippen molar-refractivity contribution in [3.05, 3.63) is 30.1 Å². The molecule has 0 aliphatic carbocycles. The molecule has 1 aromatic heterocycles. The molecule has 0 saturated heterocycles. The summed E-state index contributed by atoms with van der Waals surface area (Å²) in [6.45, 7) is 0. The van der Waals surface area contributed by atoms with Crippen LogP contribution in [-0.2, 0) is 4.84 Å². The minimum Gasteiger partial charge on any atom is -0.493 e. The second-order valence-electron chi connectivity index (χ2n) is 4.11. The molecule has 0 N–H and O–H groups in total. The second-order valence-corrected chi connectivity index (χ2v) is 4.11. The molecule has 0 aliphatic rings. The Kier molecular flexibility index (Phi) is 4.05. The largest absolute Gasteiger partial charge is 0.493 e. The van der Waals surface area contributed by atoms with Crippen molar-refractivity contribution in [1.82, 2.24) is 10.0 Å². The average molecular weight is 276 g/mol. The van der Waals surface area contributed by atoms with Gasteiger partial charge < -0.3 is 9.47 Å². The van der Waals surface area contributed by atoms with Gasteiger partial charge in [0.05, 0.1) is 21.3 Å². The van der Waals surface area contributed by atoms with Gasteiger partial charge in [0, 0.05) is 18.6 Å². The van der Waals surface area contributed by atoms with Crippen LogP contribution < -0.4 is 9.47 Å². The van der Waals surface area contributed by atoms with E-state index in [2.05, 4.69) is 4.98 Å². The van der Waals surface area contributed by atoms with Crippen molar-refractivity contribution in [3.8, 4) is 11.5 Å². The molecule has 0 saturated carbocycles. The molecule has 6 heteroatoms. The first-order chi connectivity index (χ1) is 9.60. The highest BCUT2D eigenvalue weighted by molar-refractivity contribution is 5.96. The number of ether oxygens (including phenoxy) is 2. The molecule has 0 radical (unpaired) electrons. The van der Waals surface area contributed by atoms with E-state index in [1.165, 1.54) is 14.2 Å². The summed E-state index contributed by atoms with van der Waals surface area (Å²) in [7, 11) is 6.09. The summed E-state index contributed by atoms with van der Waals surface area (Å²) in [5.41, 5.74) is 0.300. The van der Waals surface area contributed by atoms with Crippen LogP contribution in [0.5, 0.6) is 11.5 Å². The van der Waals surface area contributed by atoms with E-state index in [-0.39, 0.29) is 5.91 Å². The van der Waals surface area contributed by atoms with Crippen molar-refractivity contribution in [2.24, 2.45) is 0 Å². The molecule has 0 atom stereocenters. The quantitative estimate of drug-likeness (QED) is 0.798. The minimum absolute atomic E-state index is 0.300. The van der Waals surface area contributed by atoms with Crippen molar-refractivity contribution in [2.75, 3.05) is 28.4 Å². The molecule has 1 amide bonds. The summed E-state index contributed by atoms with van der Waals surface area (Å²) < 4.78 is 10.5. The van der Waals surface area contributed by atoms with E-state index in [0.29, 0.717) is 17.2 Å². The molecule has 6 nitrogen and oxygen atoms in total. The molecular formula is C14H16N2O4. The fraction of sp³-hybridized carbons (Fsp3) is 0.286. The standard InChI is InChI=1S/C14H16N2O4/c1-16(20-4)14(17)11-5-9-6-12(18-2)13(19-3)7-10(9)8-15-11/h5-8H,1-4H3. The number of fused-ring (bicyclic) bond motifs is 1. The van der Waals surface area contributed by atoms with Gasteiger partial charge in [0.15, 0.2) is 11.5 Å². The highest BCUT2D eigenvalue weighted by atomic mass is 16.7. The van der Waals surface area contributed by atoms with E-state index in [0.717, 1.165) is 15.8 Å². The van der Waals surface area contributed by atoms with Crippen molar-refractivity contribution in [1.29, 1.82) is 0 Å². The summed E-state index contributed by atoms with van der Waals surface area (Å²) in [5.74, 6) is 0.906. The van der Waals surface area contributed by atoms with Crippen molar-refractivity contribution >= 4 is 16.7 Å². The molecule has 1 heterocycles. The number of amides is 1. The molecule has 0 unspecified atom stereocenters. The van der Waals surface area contributed by atoms with Gasteiger partial charge in [0.2, 0.25) is 0 Å². The Hall–Kier alpha value is -2.34. The van der Waals surface area contributed by atoms with Crippen LogP contribution in [0.2, 0.25) is 0 Å². The summed E-state index contributed by atoms with van der Waals surface area (Å²) >= 11 is 0. The van der Waals surface area contributed by atoms with E-state index in [1.54, 1.807) is 32.5 Å². The lowest BCUT2D eigenvalue weighted by Crippen LogP contribution is -2.26. The van der Waals surface area contributed by atoms with Crippen LogP contribution in [0, 0.1) is 0 Å². The molecule has 1 aromatic carbocycles. The number of nitrogens with zero attached hydrogens (tertiary/aromatic N) is 2. The molecular weight excluding hydrogens is 260 g/mol. The zero-order chi connectivity index (χ0) is 14.7. The average Bonchev–Trinajstić information content (AvgIpc) is 2.51. The number of hydrogen-bond acceptors (Lipinski definition) is 5. The van der Waals surface area contributed by atoms with Crippen LogP contribution in [0.3, 0.4) is 0 Å². The number of hydroxylamine groups is 2. The van der Waals surface area contributed by atoms with E-state index >= 15 is 0 Å². The lowest BCUT2D eigenvalue weighted by molar-refractivity contribution is -0.0760. The SMILES string of the molecule is COc1cc2cnc(C(=O)N(C)OC)cc2cc1OC. The number of hydrogen-bond donors (Lipinski definition) is 0. The van der Waals surface area contributed by atoms with Gasteiger partial charge in [0.1, 0.15) is 5.69 Å². The van der Waals surface area contributed by atoms with E-state index in [1.807, 2.05) is 6.07 Å². The summed E-state index contributed by atoms with van der Waals surface area (Å²) in [6, 6.07) is 5.31. The van der Waals surface area contributed by atoms with Gasteiger partial charge in [0.25, 0.3) is 5.91 Å². The van der Waals surface area contributed by atoms with Crippen LogP contribution in [0.25, 0.3) is 10.8 Å². The smallest absolute Gasteiger partial charge is 0.295 e. The number of benzene rings is 1. The number of carbonyl (C=O) groups is 1. The van der Waals surface area contributed by atoms with Crippen molar-refractivity contribution in [2.45, 2.75) is 0 Å². The molecule has 0 bridgehead atoms. The minimum atomic E-state index is -0.316. The molecule has 0 aliphatic heterocycles. The van der Waals surface area contributed by atoms with Gasteiger partial charge in [-0.15, -0.1) is 0 Å². The Morgan fingerprint density at radius 2 is 1.65 bits per heavy atom. The molecule has 0 fully saturated rings. The number of carbonyl (C=O) groups excluding carboxylic acids is 1. The third-order valence-corrected chi connectivity index (χ3v) is 3.00. The maximum absolute atomic E-state index is 12.0. The molecule has 0 spiro atoms. The topological polar surface area (TPSA) is 60.9 Å². The predicted octanol–water partition coefficient (Wildman–Crippen LogP) is 1.89. The normalized spacial score (nSPS) is 10.4. The van der Waals surface area contributed by atoms with Crippen molar-refractivity contribution in [3.63, 3.8) is 0 Å². The molecule has 2 aromatic rings. The highest BCUT2D eigenvalue weighted by Gasteiger charge is 2.14. The van der Waals surface area contributed by atoms with E-state index in [4.69, 9.17) is 14.3 Å². The lowest BCUT2D eigenvalue weighted by Gasteiger charge is -2.13.